The van der Waals surface area contributed by atoms with Gasteiger partial charge in [0.2, 0.25) is 0 Å². The molecule has 0 radical (unpaired) electrons. The van der Waals surface area contributed by atoms with Crippen LogP contribution in [0, 0.1) is 0 Å². The van der Waals surface area contributed by atoms with Gasteiger partial charge >= 0.3 is 0 Å². The van der Waals surface area contributed by atoms with Gasteiger partial charge in [-0.2, -0.15) is 0 Å². The summed E-state index contributed by atoms with van der Waals surface area (Å²) >= 11 is 0. The third kappa shape index (κ3) is 6.39. The first kappa shape index (κ1) is 18.7. The highest BCUT2D eigenvalue weighted by Gasteiger charge is 2.06. The molecule has 5 nitrogen and oxygen atoms in total. The lowest BCUT2D eigenvalue weighted by molar-refractivity contribution is 0.0937. The van der Waals surface area contributed by atoms with Crippen molar-refractivity contribution in [2.75, 3.05) is 19.8 Å². The second-order valence-corrected chi connectivity index (χ2v) is 5.55. The van der Waals surface area contributed by atoms with Crippen LogP contribution in [0.1, 0.15) is 39.6 Å². The van der Waals surface area contributed by atoms with Gasteiger partial charge in [0.05, 0.1) is 0 Å². The first-order valence-electron chi connectivity index (χ1n) is 8.49. The third-order valence-corrected chi connectivity index (χ3v) is 3.66. The highest BCUT2D eigenvalue weighted by atomic mass is 16.5. The molecule has 0 atom stereocenters. The maximum Gasteiger partial charge on any atom is 0.251 e. The molecule has 0 aromatic heterocycles. The number of benzene rings is 2. The maximum absolute atomic E-state index is 12.0. The van der Waals surface area contributed by atoms with Gasteiger partial charge < -0.3 is 15.4 Å². The summed E-state index contributed by atoms with van der Waals surface area (Å²) in [6.45, 7) is 4.30. The lowest BCUT2D eigenvalue weighted by Crippen LogP contribution is -2.25. The fourth-order valence-corrected chi connectivity index (χ4v) is 2.27. The molecular formula is C20H24N2O3. The van der Waals surface area contributed by atoms with Gasteiger partial charge in [0.25, 0.3) is 11.8 Å². The molecule has 2 N–H and O–H groups in total. The molecule has 2 aromatic carbocycles. The summed E-state index contributed by atoms with van der Waals surface area (Å²) in [6, 6.07) is 16.3. The molecule has 0 aliphatic heterocycles. The molecule has 0 spiro atoms. The molecule has 0 unspecified atom stereocenters. The van der Waals surface area contributed by atoms with Crippen molar-refractivity contribution < 1.29 is 14.3 Å². The molecule has 0 aliphatic rings. The molecule has 0 saturated heterocycles. The Hall–Kier alpha value is -2.66. The van der Waals surface area contributed by atoms with E-state index in [-0.39, 0.29) is 11.8 Å². The number of carbonyl (C=O) groups excluding carboxylic acids is 2. The van der Waals surface area contributed by atoms with E-state index >= 15 is 0 Å². The van der Waals surface area contributed by atoms with Crippen LogP contribution < -0.4 is 10.6 Å². The van der Waals surface area contributed by atoms with E-state index in [2.05, 4.69) is 10.6 Å². The molecule has 2 rings (SSSR count). The number of rotatable bonds is 9. The van der Waals surface area contributed by atoms with Crippen LogP contribution in [-0.4, -0.2) is 31.6 Å². The van der Waals surface area contributed by atoms with Gasteiger partial charge in [-0.05, 0) is 43.2 Å². The van der Waals surface area contributed by atoms with Crippen molar-refractivity contribution >= 4 is 11.8 Å². The molecule has 132 valence electrons. The van der Waals surface area contributed by atoms with Gasteiger partial charge in [-0.3, -0.25) is 9.59 Å². The van der Waals surface area contributed by atoms with E-state index in [4.69, 9.17) is 4.74 Å². The minimum Gasteiger partial charge on any atom is -0.382 e. The molecular weight excluding hydrogens is 316 g/mol. The first-order chi connectivity index (χ1) is 12.2. The monoisotopic (exact) mass is 340 g/mol. The van der Waals surface area contributed by atoms with Crippen LogP contribution in [0.2, 0.25) is 0 Å². The summed E-state index contributed by atoms with van der Waals surface area (Å²) < 4.78 is 5.23. The van der Waals surface area contributed by atoms with Crippen LogP contribution >= 0.6 is 0 Å². The minimum absolute atomic E-state index is 0.101. The highest BCUT2D eigenvalue weighted by Crippen LogP contribution is 2.05. The van der Waals surface area contributed by atoms with Crippen LogP contribution in [0.15, 0.2) is 54.6 Å². The zero-order valence-electron chi connectivity index (χ0n) is 14.5. The molecule has 5 heteroatoms. The summed E-state index contributed by atoms with van der Waals surface area (Å²) in [6.07, 6.45) is 0.795. The number of hydrogen-bond donors (Lipinski definition) is 2. The molecule has 25 heavy (non-hydrogen) atoms. The minimum atomic E-state index is -0.114. The van der Waals surface area contributed by atoms with Crippen molar-refractivity contribution in [2.45, 2.75) is 19.9 Å². The molecule has 2 aromatic rings. The van der Waals surface area contributed by atoms with E-state index < -0.39 is 0 Å². The summed E-state index contributed by atoms with van der Waals surface area (Å²) in [7, 11) is 0. The van der Waals surface area contributed by atoms with E-state index in [1.165, 1.54) is 0 Å². The maximum atomic E-state index is 12.0. The topological polar surface area (TPSA) is 67.4 Å². The average molecular weight is 340 g/mol. The van der Waals surface area contributed by atoms with Crippen molar-refractivity contribution in [3.63, 3.8) is 0 Å². The predicted molar refractivity (Wildman–Crippen MR) is 97.5 cm³/mol. The summed E-state index contributed by atoms with van der Waals surface area (Å²) in [4.78, 5) is 24.0. The smallest absolute Gasteiger partial charge is 0.251 e. The van der Waals surface area contributed by atoms with Crippen molar-refractivity contribution in [1.29, 1.82) is 0 Å². The third-order valence-electron chi connectivity index (χ3n) is 3.66. The SMILES string of the molecule is CCOCCCNC(=O)c1ccc(CNC(=O)c2ccccc2)cc1. The van der Waals surface area contributed by atoms with Crippen molar-refractivity contribution in [1.82, 2.24) is 10.6 Å². The van der Waals surface area contributed by atoms with Gasteiger partial charge in [0.15, 0.2) is 0 Å². The Bertz CT molecular complexity index is 669. The summed E-state index contributed by atoms with van der Waals surface area (Å²) in [5.74, 6) is -0.215. The zero-order chi connectivity index (χ0) is 17.9. The zero-order valence-corrected chi connectivity index (χ0v) is 14.5. The van der Waals surface area contributed by atoms with Crippen molar-refractivity contribution in [3.8, 4) is 0 Å². The quantitative estimate of drug-likeness (QED) is 0.690. The van der Waals surface area contributed by atoms with Crippen molar-refractivity contribution in [2.24, 2.45) is 0 Å². The number of ether oxygens (including phenoxy) is 1. The molecule has 2 amide bonds. The van der Waals surface area contributed by atoms with Crippen LogP contribution in [0.3, 0.4) is 0 Å². The molecule has 0 saturated carbocycles. The van der Waals surface area contributed by atoms with Crippen LogP contribution in [0.25, 0.3) is 0 Å². The fraction of sp³-hybridized carbons (Fsp3) is 0.300. The fourth-order valence-electron chi connectivity index (χ4n) is 2.27. The predicted octanol–water partition coefficient (Wildman–Crippen LogP) is 2.77. The van der Waals surface area contributed by atoms with Gasteiger partial charge in [-0.1, -0.05) is 30.3 Å². The van der Waals surface area contributed by atoms with E-state index in [1.807, 2.05) is 37.3 Å². The van der Waals surface area contributed by atoms with Gasteiger partial charge in [-0.25, -0.2) is 0 Å². The Morgan fingerprint density at radius 2 is 1.52 bits per heavy atom. The Kier molecular flexibility index (Phi) is 7.66. The van der Waals surface area contributed by atoms with Crippen molar-refractivity contribution in [3.05, 3.63) is 71.3 Å². The lowest BCUT2D eigenvalue weighted by atomic mass is 10.1. The number of amides is 2. The van der Waals surface area contributed by atoms with E-state index in [0.29, 0.717) is 37.4 Å². The molecule has 0 fully saturated rings. The van der Waals surface area contributed by atoms with Gasteiger partial charge in [0, 0.05) is 37.4 Å². The highest BCUT2D eigenvalue weighted by molar-refractivity contribution is 5.94. The number of carbonyl (C=O) groups is 2. The number of hydrogen-bond acceptors (Lipinski definition) is 3. The Morgan fingerprint density at radius 3 is 2.20 bits per heavy atom. The standard InChI is InChI=1S/C20H24N2O3/c1-2-25-14-6-13-21-19(23)18-11-9-16(10-12-18)15-22-20(24)17-7-4-3-5-8-17/h3-5,7-12H,2,6,13-15H2,1H3,(H,21,23)(H,22,24). The van der Waals surface area contributed by atoms with Crippen LogP contribution in [0.5, 0.6) is 0 Å². The normalized spacial score (nSPS) is 10.3. The van der Waals surface area contributed by atoms with E-state index in [1.54, 1.807) is 24.3 Å². The largest absolute Gasteiger partial charge is 0.382 e. The first-order valence-corrected chi connectivity index (χ1v) is 8.49. The average Bonchev–Trinajstić information content (AvgIpc) is 2.67. The molecule has 0 aliphatic carbocycles. The summed E-state index contributed by atoms with van der Waals surface area (Å²) in [5.41, 5.74) is 2.18. The second-order valence-electron chi connectivity index (χ2n) is 5.55. The Balaban J connectivity index is 1.77. The Morgan fingerprint density at radius 1 is 0.880 bits per heavy atom. The lowest BCUT2D eigenvalue weighted by Gasteiger charge is -2.08. The van der Waals surface area contributed by atoms with Crippen LogP contribution in [-0.2, 0) is 11.3 Å². The van der Waals surface area contributed by atoms with Crippen LogP contribution in [0.4, 0.5) is 0 Å². The van der Waals surface area contributed by atoms with E-state index in [0.717, 1.165) is 12.0 Å². The molecule has 0 heterocycles. The summed E-state index contributed by atoms with van der Waals surface area (Å²) in [5, 5.41) is 5.72. The molecule has 0 bridgehead atoms. The Labute approximate surface area is 148 Å². The number of nitrogens with one attached hydrogen (secondary N) is 2. The van der Waals surface area contributed by atoms with E-state index in [9.17, 15) is 9.59 Å². The van der Waals surface area contributed by atoms with Gasteiger partial charge in [-0.15, -0.1) is 0 Å². The van der Waals surface area contributed by atoms with Gasteiger partial charge in [0.1, 0.15) is 0 Å². The second kappa shape index (κ2) is 10.3.